The fourth-order valence-corrected chi connectivity index (χ4v) is 1.52. The molecular formula is C18H36N4O4. The summed E-state index contributed by atoms with van der Waals surface area (Å²) in [7, 11) is 0. The highest BCUT2D eigenvalue weighted by molar-refractivity contribution is 5.86. The van der Waals surface area contributed by atoms with Crippen LogP contribution in [0.15, 0.2) is 10.2 Å². The second-order valence-corrected chi connectivity index (χ2v) is 9.33. The normalized spacial score (nSPS) is 13.8. The Kier molecular flexibility index (Phi) is 8.38. The van der Waals surface area contributed by atoms with Gasteiger partial charge in [-0.25, -0.2) is 0 Å². The van der Waals surface area contributed by atoms with Crippen molar-refractivity contribution in [2.75, 3.05) is 26.3 Å². The SMILES string of the molecule is CC(C)(CO)CNC(=O)C(C)(C)N=NC(C)(C)C(=O)NCC(C)(C)CO. The molecule has 0 heterocycles. The van der Waals surface area contributed by atoms with Gasteiger partial charge in [-0.15, -0.1) is 0 Å². The van der Waals surface area contributed by atoms with E-state index in [1.165, 1.54) is 0 Å². The molecule has 26 heavy (non-hydrogen) atoms. The van der Waals surface area contributed by atoms with E-state index in [4.69, 9.17) is 0 Å². The molecule has 0 aliphatic rings. The molecule has 8 heteroatoms. The van der Waals surface area contributed by atoms with Gasteiger partial charge in [0.1, 0.15) is 0 Å². The lowest BCUT2D eigenvalue weighted by atomic mass is 9.94. The first-order valence-electron chi connectivity index (χ1n) is 8.81. The number of aliphatic hydroxyl groups excluding tert-OH is 2. The number of aliphatic hydroxyl groups is 2. The first-order chi connectivity index (χ1) is 11.6. The Morgan fingerprint density at radius 1 is 0.692 bits per heavy atom. The minimum absolute atomic E-state index is 0.0490. The molecular weight excluding hydrogens is 336 g/mol. The molecule has 2 amide bonds. The first-order valence-corrected chi connectivity index (χ1v) is 8.81. The molecule has 0 saturated carbocycles. The van der Waals surface area contributed by atoms with Gasteiger partial charge >= 0.3 is 0 Å². The van der Waals surface area contributed by atoms with E-state index < -0.39 is 21.9 Å². The number of carbonyl (C=O) groups excluding carboxylic acids is 2. The summed E-state index contributed by atoms with van der Waals surface area (Å²) in [6.45, 7) is 14.3. The third-order valence-corrected chi connectivity index (χ3v) is 3.97. The summed E-state index contributed by atoms with van der Waals surface area (Å²) in [4.78, 5) is 24.7. The summed E-state index contributed by atoms with van der Waals surface area (Å²) in [6, 6.07) is 0. The monoisotopic (exact) mass is 372 g/mol. The largest absolute Gasteiger partial charge is 0.396 e. The van der Waals surface area contributed by atoms with Crippen LogP contribution in [0, 0.1) is 10.8 Å². The van der Waals surface area contributed by atoms with Gasteiger partial charge in [0, 0.05) is 37.1 Å². The van der Waals surface area contributed by atoms with Gasteiger partial charge in [0.05, 0.1) is 0 Å². The minimum Gasteiger partial charge on any atom is -0.396 e. The number of azo groups is 1. The zero-order valence-electron chi connectivity index (χ0n) is 17.4. The fraction of sp³-hybridized carbons (Fsp3) is 0.889. The minimum atomic E-state index is -1.15. The van der Waals surface area contributed by atoms with E-state index in [0.29, 0.717) is 13.1 Å². The summed E-state index contributed by atoms with van der Waals surface area (Å²) in [6.07, 6.45) is 0. The van der Waals surface area contributed by atoms with Crippen molar-refractivity contribution < 1.29 is 19.8 Å². The van der Waals surface area contributed by atoms with Crippen molar-refractivity contribution in [3.63, 3.8) is 0 Å². The second kappa shape index (κ2) is 8.90. The summed E-state index contributed by atoms with van der Waals surface area (Å²) in [5, 5.41) is 32.2. The quantitative estimate of drug-likeness (QED) is 0.431. The molecule has 0 rings (SSSR count). The lowest BCUT2D eigenvalue weighted by molar-refractivity contribution is -0.127. The van der Waals surface area contributed by atoms with Crippen LogP contribution in [0.1, 0.15) is 55.4 Å². The molecule has 0 fully saturated rings. The number of nitrogens with one attached hydrogen (secondary N) is 2. The number of hydrogen-bond donors (Lipinski definition) is 4. The van der Waals surface area contributed by atoms with Crippen LogP contribution in [-0.4, -0.2) is 59.4 Å². The van der Waals surface area contributed by atoms with Crippen molar-refractivity contribution in [3.05, 3.63) is 0 Å². The van der Waals surface area contributed by atoms with Gasteiger partial charge in [0.15, 0.2) is 11.1 Å². The molecule has 0 aromatic heterocycles. The van der Waals surface area contributed by atoms with Crippen molar-refractivity contribution in [1.82, 2.24) is 10.6 Å². The van der Waals surface area contributed by atoms with Crippen LogP contribution in [0.4, 0.5) is 0 Å². The molecule has 8 nitrogen and oxygen atoms in total. The molecule has 0 radical (unpaired) electrons. The third kappa shape index (κ3) is 8.23. The number of rotatable bonds is 10. The van der Waals surface area contributed by atoms with Gasteiger partial charge in [0.2, 0.25) is 11.8 Å². The van der Waals surface area contributed by atoms with Crippen molar-refractivity contribution in [2.45, 2.75) is 66.5 Å². The lowest BCUT2D eigenvalue weighted by Crippen LogP contribution is -2.47. The molecule has 0 aromatic rings. The Morgan fingerprint density at radius 2 is 0.962 bits per heavy atom. The highest BCUT2D eigenvalue weighted by Crippen LogP contribution is 2.19. The lowest BCUT2D eigenvalue weighted by Gasteiger charge is -2.27. The summed E-state index contributed by atoms with van der Waals surface area (Å²) in [5.74, 6) is -0.666. The van der Waals surface area contributed by atoms with Crippen LogP contribution in [0.2, 0.25) is 0 Å². The topological polar surface area (TPSA) is 123 Å². The maximum atomic E-state index is 12.3. The Morgan fingerprint density at radius 3 is 1.19 bits per heavy atom. The first kappa shape index (κ1) is 24.5. The highest BCUT2D eigenvalue weighted by Gasteiger charge is 2.33. The summed E-state index contributed by atoms with van der Waals surface area (Å²) < 4.78 is 0. The molecule has 0 spiro atoms. The highest BCUT2D eigenvalue weighted by atomic mass is 16.3. The van der Waals surface area contributed by atoms with E-state index in [1.807, 2.05) is 27.7 Å². The van der Waals surface area contributed by atoms with Crippen LogP contribution in [0.3, 0.4) is 0 Å². The Balaban J connectivity index is 4.91. The van der Waals surface area contributed by atoms with Crippen molar-refractivity contribution in [1.29, 1.82) is 0 Å². The van der Waals surface area contributed by atoms with Crippen molar-refractivity contribution in [2.24, 2.45) is 21.1 Å². The van der Waals surface area contributed by atoms with Gasteiger partial charge in [-0.1, -0.05) is 27.7 Å². The zero-order valence-corrected chi connectivity index (χ0v) is 17.4. The predicted molar refractivity (Wildman–Crippen MR) is 101 cm³/mol. The molecule has 0 unspecified atom stereocenters. The molecule has 4 N–H and O–H groups in total. The Labute approximate surface area is 156 Å². The maximum absolute atomic E-state index is 12.3. The fourth-order valence-electron chi connectivity index (χ4n) is 1.52. The molecule has 0 aliphatic carbocycles. The van der Waals surface area contributed by atoms with Crippen LogP contribution < -0.4 is 10.6 Å². The van der Waals surface area contributed by atoms with Crippen LogP contribution >= 0.6 is 0 Å². The molecule has 0 aromatic carbocycles. The zero-order chi connectivity index (χ0) is 20.8. The van der Waals surface area contributed by atoms with E-state index in [1.54, 1.807) is 27.7 Å². The average molecular weight is 373 g/mol. The number of amides is 2. The van der Waals surface area contributed by atoms with Gasteiger partial charge in [-0.05, 0) is 27.7 Å². The molecule has 0 aliphatic heterocycles. The van der Waals surface area contributed by atoms with Gasteiger partial charge in [-0.2, -0.15) is 10.2 Å². The maximum Gasteiger partial charge on any atom is 0.249 e. The van der Waals surface area contributed by atoms with E-state index in [9.17, 15) is 19.8 Å². The van der Waals surface area contributed by atoms with Gasteiger partial charge < -0.3 is 20.8 Å². The van der Waals surface area contributed by atoms with Crippen molar-refractivity contribution in [3.8, 4) is 0 Å². The Bertz CT molecular complexity index is 479. The summed E-state index contributed by atoms with van der Waals surface area (Å²) >= 11 is 0. The molecule has 0 atom stereocenters. The smallest absolute Gasteiger partial charge is 0.249 e. The Hall–Kier alpha value is -1.54. The second-order valence-electron chi connectivity index (χ2n) is 9.33. The van der Waals surface area contributed by atoms with Crippen LogP contribution in [0.25, 0.3) is 0 Å². The van der Waals surface area contributed by atoms with E-state index >= 15 is 0 Å². The molecule has 0 saturated heterocycles. The number of carbonyl (C=O) groups is 2. The van der Waals surface area contributed by atoms with Crippen LogP contribution in [0.5, 0.6) is 0 Å². The molecule has 152 valence electrons. The summed E-state index contributed by atoms with van der Waals surface area (Å²) in [5.41, 5.74) is -3.15. The van der Waals surface area contributed by atoms with Gasteiger partial charge in [-0.3, -0.25) is 9.59 Å². The standard InChI is InChI=1S/C18H36N4O4/c1-15(2,11-23)9-19-13(25)17(5,6)21-22-18(7,8)14(26)20-10-16(3,4)12-24/h23-24H,9-12H2,1-8H3,(H,19,25)(H,20,26). The average Bonchev–Trinajstić information content (AvgIpc) is 2.56. The molecule has 0 bridgehead atoms. The predicted octanol–water partition coefficient (Wildman–Crippen LogP) is 1.27. The van der Waals surface area contributed by atoms with E-state index in [-0.39, 0.29) is 25.0 Å². The van der Waals surface area contributed by atoms with E-state index in [2.05, 4.69) is 20.9 Å². The van der Waals surface area contributed by atoms with Crippen molar-refractivity contribution >= 4 is 11.8 Å². The van der Waals surface area contributed by atoms with Crippen LogP contribution in [-0.2, 0) is 9.59 Å². The number of hydrogen-bond acceptors (Lipinski definition) is 6. The van der Waals surface area contributed by atoms with Gasteiger partial charge in [0.25, 0.3) is 0 Å². The number of nitrogens with zero attached hydrogens (tertiary/aromatic N) is 2. The third-order valence-electron chi connectivity index (χ3n) is 3.97. The van der Waals surface area contributed by atoms with E-state index in [0.717, 1.165) is 0 Å².